The van der Waals surface area contributed by atoms with Gasteiger partial charge in [0.2, 0.25) is 0 Å². The van der Waals surface area contributed by atoms with Gasteiger partial charge >= 0.3 is 11.8 Å². The first-order valence-corrected chi connectivity index (χ1v) is 7.83. The molecule has 4 nitrogen and oxygen atoms in total. The fraction of sp³-hybridized carbons (Fsp3) is 0.263. The number of benzene rings is 2. The predicted octanol–water partition coefficient (Wildman–Crippen LogP) is 3.55. The Morgan fingerprint density at radius 2 is 1.74 bits per heavy atom. The molecule has 0 radical (unpaired) electrons. The second-order valence-electron chi connectivity index (χ2n) is 5.39. The van der Waals surface area contributed by atoms with Crippen LogP contribution in [0.2, 0.25) is 0 Å². The minimum atomic E-state index is -0.627. The Balaban J connectivity index is 2.11. The molecule has 4 heteroatoms. The van der Waals surface area contributed by atoms with E-state index in [0.29, 0.717) is 12.2 Å². The van der Waals surface area contributed by atoms with Gasteiger partial charge < -0.3 is 10.2 Å². The normalized spacial score (nSPS) is 10.2. The van der Waals surface area contributed by atoms with Gasteiger partial charge in [-0.25, -0.2) is 0 Å². The van der Waals surface area contributed by atoms with Crippen LogP contribution in [0.4, 0.5) is 11.4 Å². The molecule has 0 aliphatic carbocycles. The van der Waals surface area contributed by atoms with Gasteiger partial charge in [0.05, 0.1) is 0 Å². The number of amides is 2. The highest BCUT2D eigenvalue weighted by Gasteiger charge is 2.22. The van der Waals surface area contributed by atoms with E-state index >= 15 is 0 Å². The maximum Gasteiger partial charge on any atom is 0.316 e. The predicted molar refractivity (Wildman–Crippen MR) is 93.7 cm³/mol. The number of hydrogen-bond acceptors (Lipinski definition) is 2. The lowest BCUT2D eigenvalue weighted by molar-refractivity contribution is -0.134. The molecule has 0 aliphatic rings. The Hall–Kier alpha value is -2.62. The molecule has 0 atom stereocenters. The first-order valence-electron chi connectivity index (χ1n) is 7.83. The number of carbonyl (C=O) groups is 2. The van der Waals surface area contributed by atoms with Crippen LogP contribution in [-0.4, -0.2) is 18.4 Å². The molecule has 23 heavy (non-hydrogen) atoms. The summed E-state index contributed by atoms with van der Waals surface area (Å²) in [5.74, 6) is -1.18. The molecular formula is C19H22N2O2. The van der Waals surface area contributed by atoms with Crippen molar-refractivity contribution in [2.24, 2.45) is 0 Å². The molecule has 2 rings (SSSR count). The number of carbonyl (C=O) groups excluding carboxylic acids is 2. The Morgan fingerprint density at radius 3 is 2.30 bits per heavy atom. The van der Waals surface area contributed by atoms with Gasteiger partial charge in [-0.15, -0.1) is 0 Å². The van der Waals surface area contributed by atoms with E-state index in [0.717, 1.165) is 17.7 Å². The Bertz CT molecular complexity index is 693. The van der Waals surface area contributed by atoms with Crippen LogP contribution in [0.15, 0.2) is 48.5 Å². The van der Waals surface area contributed by atoms with E-state index in [1.807, 2.05) is 62.4 Å². The number of hydrogen-bond donors (Lipinski definition) is 1. The number of nitrogens with one attached hydrogen (secondary N) is 1. The number of aryl methyl sites for hydroxylation is 2. The number of nitrogens with zero attached hydrogens (tertiary/aromatic N) is 1. The first kappa shape index (κ1) is 16.7. The SMILES string of the molecule is CCc1ccc(NC(=O)C(=O)N(CC)c2cccc(C)c2)cc1. The topological polar surface area (TPSA) is 49.4 Å². The highest BCUT2D eigenvalue weighted by Crippen LogP contribution is 2.17. The maximum absolute atomic E-state index is 12.4. The van der Waals surface area contributed by atoms with Gasteiger partial charge in [0, 0.05) is 17.9 Å². The largest absolute Gasteiger partial charge is 0.318 e. The smallest absolute Gasteiger partial charge is 0.316 e. The van der Waals surface area contributed by atoms with Gasteiger partial charge in [-0.2, -0.15) is 0 Å². The summed E-state index contributed by atoms with van der Waals surface area (Å²) in [6, 6.07) is 15.1. The molecule has 0 bridgehead atoms. The zero-order valence-electron chi connectivity index (χ0n) is 13.8. The third-order valence-corrected chi connectivity index (χ3v) is 3.69. The molecule has 0 heterocycles. The number of likely N-dealkylation sites (N-methyl/N-ethyl adjacent to an activating group) is 1. The molecular weight excluding hydrogens is 288 g/mol. The summed E-state index contributed by atoms with van der Waals surface area (Å²) in [6.45, 7) is 6.31. The molecule has 0 unspecified atom stereocenters. The van der Waals surface area contributed by atoms with Crippen molar-refractivity contribution in [3.8, 4) is 0 Å². The van der Waals surface area contributed by atoms with Crippen molar-refractivity contribution in [3.05, 3.63) is 59.7 Å². The monoisotopic (exact) mass is 310 g/mol. The van der Waals surface area contributed by atoms with Crippen molar-refractivity contribution in [1.82, 2.24) is 0 Å². The van der Waals surface area contributed by atoms with Gasteiger partial charge in [-0.3, -0.25) is 9.59 Å². The summed E-state index contributed by atoms with van der Waals surface area (Å²) >= 11 is 0. The van der Waals surface area contributed by atoms with Crippen molar-refractivity contribution in [3.63, 3.8) is 0 Å². The second-order valence-corrected chi connectivity index (χ2v) is 5.39. The Kier molecular flexibility index (Phi) is 5.52. The van der Waals surface area contributed by atoms with Gasteiger partial charge in [0.1, 0.15) is 0 Å². The summed E-state index contributed by atoms with van der Waals surface area (Å²) in [4.78, 5) is 26.1. The van der Waals surface area contributed by atoms with Crippen molar-refractivity contribution in [2.45, 2.75) is 27.2 Å². The van der Waals surface area contributed by atoms with E-state index in [2.05, 4.69) is 12.2 Å². The lowest BCUT2D eigenvalue weighted by Crippen LogP contribution is -2.39. The zero-order valence-corrected chi connectivity index (χ0v) is 13.8. The quantitative estimate of drug-likeness (QED) is 0.878. The Morgan fingerprint density at radius 1 is 1.04 bits per heavy atom. The van der Waals surface area contributed by atoms with Crippen LogP contribution in [0.25, 0.3) is 0 Å². The molecule has 2 aromatic carbocycles. The first-order chi connectivity index (χ1) is 11.0. The minimum absolute atomic E-state index is 0.435. The molecule has 0 spiro atoms. The van der Waals surface area contributed by atoms with Crippen LogP contribution in [0.3, 0.4) is 0 Å². The van der Waals surface area contributed by atoms with E-state index in [1.54, 1.807) is 0 Å². The van der Waals surface area contributed by atoms with E-state index in [1.165, 1.54) is 10.5 Å². The standard InChI is InChI=1S/C19H22N2O2/c1-4-15-9-11-16(12-10-15)20-18(22)19(23)21(5-2)17-8-6-7-14(3)13-17/h6-13H,4-5H2,1-3H3,(H,20,22). The second kappa shape index (κ2) is 7.58. The molecule has 0 saturated carbocycles. The van der Waals surface area contributed by atoms with Crippen LogP contribution in [-0.2, 0) is 16.0 Å². The molecule has 1 N–H and O–H groups in total. The third kappa shape index (κ3) is 4.19. The van der Waals surface area contributed by atoms with E-state index in [9.17, 15) is 9.59 Å². The zero-order chi connectivity index (χ0) is 16.8. The molecule has 0 aliphatic heterocycles. The molecule has 2 aromatic rings. The van der Waals surface area contributed by atoms with Crippen LogP contribution in [0.5, 0.6) is 0 Å². The van der Waals surface area contributed by atoms with Crippen LogP contribution < -0.4 is 10.2 Å². The van der Waals surface area contributed by atoms with Gasteiger partial charge in [-0.1, -0.05) is 31.2 Å². The number of rotatable bonds is 4. The number of anilines is 2. The minimum Gasteiger partial charge on any atom is -0.318 e. The van der Waals surface area contributed by atoms with Crippen molar-refractivity contribution in [2.75, 3.05) is 16.8 Å². The van der Waals surface area contributed by atoms with Gasteiger partial charge in [-0.05, 0) is 55.7 Å². The lowest BCUT2D eigenvalue weighted by Gasteiger charge is -2.20. The summed E-state index contributed by atoms with van der Waals surface area (Å²) in [5.41, 5.74) is 3.59. The maximum atomic E-state index is 12.4. The molecule has 0 fully saturated rings. The van der Waals surface area contributed by atoms with Gasteiger partial charge in [0.25, 0.3) is 0 Å². The highest BCUT2D eigenvalue weighted by atomic mass is 16.2. The Labute approximate surface area is 137 Å². The molecule has 0 saturated heterocycles. The summed E-state index contributed by atoms with van der Waals surface area (Å²) < 4.78 is 0. The van der Waals surface area contributed by atoms with Crippen molar-refractivity contribution < 1.29 is 9.59 Å². The highest BCUT2D eigenvalue weighted by molar-refractivity contribution is 6.44. The molecule has 120 valence electrons. The summed E-state index contributed by atoms with van der Waals surface area (Å²) in [7, 11) is 0. The van der Waals surface area contributed by atoms with Crippen molar-refractivity contribution >= 4 is 23.2 Å². The summed E-state index contributed by atoms with van der Waals surface area (Å²) in [5, 5.41) is 2.66. The fourth-order valence-corrected chi connectivity index (χ4v) is 2.37. The average Bonchev–Trinajstić information content (AvgIpc) is 2.56. The van der Waals surface area contributed by atoms with E-state index in [-0.39, 0.29) is 0 Å². The van der Waals surface area contributed by atoms with Crippen LogP contribution in [0, 0.1) is 6.92 Å². The van der Waals surface area contributed by atoms with Crippen molar-refractivity contribution in [1.29, 1.82) is 0 Å². The van der Waals surface area contributed by atoms with E-state index in [4.69, 9.17) is 0 Å². The van der Waals surface area contributed by atoms with Crippen LogP contribution >= 0.6 is 0 Å². The fourth-order valence-electron chi connectivity index (χ4n) is 2.37. The molecule has 2 amide bonds. The molecule has 0 aromatic heterocycles. The lowest BCUT2D eigenvalue weighted by atomic mass is 10.1. The summed E-state index contributed by atoms with van der Waals surface area (Å²) in [6.07, 6.45) is 0.935. The third-order valence-electron chi connectivity index (χ3n) is 3.69. The van der Waals surface area contributed by atoms with Crippen LogP contribution in [0.1, 0.15) is 25.0 Å². The average molecular weight is 310 g/mol. The van der Waals surface area contributed by atoms with E-state index < -0.39 is 11.8 Å². The van der Waals surface area contributed by atoms with Gasteiger partial charge in [0.15, 0.2) is 0 Å².